The Hall–Kier alpha value is -4.47. The largest absolute Gasteiger partial charge is 0.491 e. The van der Waals surface area contributed by atoms with Crippen LogP contribution in [0.3, 0.4) is 0 Å². The van der Waals surface area contributed by atoms with E-state index in [9.17, 15) is 27.6 Å². The maximum absolute atomic E-state index is 15.1. The van der Waals surface area contributed by atoms with Crippen LogP contribution in [0.25, 0.3) is 10.8 Å². The van der Waals surface area contributed by atoms with Gasteiger partial charge in [0.15, 0.2) is 11.6 Å². The van der Waals surface area contributed by atoms with Gasteiger partial charge in [-0.3, -0.25) is 19.1 Å². The SMILES string of the molecule is CCOc1cc2ccnc(O[C@@H]3C[C@H]4C(=O)N[C@]5(C(=O)NS(=O)(=O)C6CC6)C[C@H]5/C=C\CC[C@H](C)C[C@@H](CC)[C@H](NC(=O)OC(C)(C)C)C(=O)N4C3)c2cc1F. The van der Waals surface area contributed by atoms with Gasteiger partial charge in [-0.25, -0.2) is 22.6 Å². The molecule has 4 amide bonds. The maximum atomic E-state index is 15.1. The van der Waals surface area contributed by atoms with Gasteiger partial charge in [-0.1, -0.05) is 32.4 Å². The summed E-state index contributed by atoms with van der Waals surface area (Å²) < 4.78 is 60.4. The number of nitrogens with zero attached hydrogens (tertiary/aromatic N) is 2. The van der Waals surface area contributed by atoms with Crippen molar-refractivity contribution in [3.8, 4) is 11.6 Å². The van der Waals surface area contributed by atoms with Gasteiger partial charge in [0.05, 0.1) is 18.4 Å². The first-order chi connectivity index (χ1) is 26.4. The number of sulfonamides is 1. The number of aromatic nitrogens is 1. The van der Waals surface area contributed by atoms with E-state index in [0.29, 0.717) is 42.9 Å². The zero-order valence-corrected chi connectivity index (χ0v) is 33.7. The third-order valence-electron chi connectivity index (χ3n) is 11.0. The first kappa shape index (κ1) is 41.2. The Morgan fingerprint density at radius 1 is 1.12 bits per heavy atom. The Morgan fingerprint density at radius 2 is 1.88 bits per heavy atom. The Balaban J connectivity index is 1.36. The molecule has 6 rings (SSSR count). The Bertz CT molecular complexity index is 1980. The van der Waals surface area contributed by atoms with Crippen molar-refractivity contribution in [2.24, 2.45) is 17.8 Å². The number of carbonyl (C=O) groups excluding carboxylic acids is 4. The van der Waals surface area contributed by atoms with Crippen molar-refractivity contribution < 1.29 is 46.2 Å². The van der Waals surface area contributed by atoms with Crippen LogP contribution in [0.4, 0.5) is 9.18 Å². The summed E-state index contributed by atoms with van der Waals surface area (Å²) in [5.74, 6) is -3.15. The minimum atomic E-state index is -3.93. The van der Waals surface area contributed by atoms with E-state index >= 15 is 4.39 Å². The van der Waals surface area contributed by atoms with Crippen molar-refractivity contribution in [1.29, 1.82) is 0 Å². The molecule has 0 radical (unpaired) electrons. The molecule has 2 aliphatic carbocycles. The van der Waals surface area contributed by atoms with Gasteiger partial charge in [0.25, 0.3) is 5.91 Å². The Morgan fingerprint density at radius 3 is 2.55 bits per heavy atom. The van der Waals surface area contributed by atoms with E-state index < -0.39 is 80.2 Å². The highest BCUT2D eigenvalue weighted by Crippen LogP contribution is 2.46. The number of benzene rings is 1. The van der Waals surface area contributed by atoms with E-state index in [2.05, 4.69) is 27.3 Å². The molecule has 2 aromatic rings. The van der Waals surface area contributed by atoms with Crippen LogP contribution >= 0.6 is 0 Å². The molecule has 0 bridgehead atoms. The van der Waals surface area contributed by atoms with Gasteiger partial charge in [0.2, 0.25) is 27.7 Å². The predicted molar refractivity (Wildman–Crippen MR) is 206 cm³/mol. The van der Waals surface area contributed by atoms with Crippen LogP contribution < -0.4 is 24.8 Å². The van der Waals surface area contributed by atoms with Crippen molar-refractivity contribution in [3.05, 3.63) is 42.4 Å². The first-order valence-corrected chi connectivity index (χ1v) is 21.2. The van der Waals surface area contributed by atoms with Gasteiger partial charge in [-0.15, -0.1) is 0 Å². The average Bonchev–Trinajstić information content (AvgIpc) is 4.05. The second kappa shape index (κ2) is 16.2. The quantitative estimate of drug-likeness (QED) is 0.295. The number of pyridine rings is 1. The fourth-order valence-corrected chi connectivity index (χ4v) is 9.18. The summed E-state index contributed by atoms with van der Waals surface area (Å²) in [6, 6.07) is 2.23. The number of amides is 4. The fraction of sp³-hybridized carbons (Fsp3) is 0.625. The molecule has 1 saturated heterocycles. The highest BCUT2D eigenvalue weighted by atomic mass is 32.2. The molecule has 3 N–H and O–H groups in total. The summed E-state index contributed by atoms with van der Waals surface area (Å²) in [4.78, 5) is 62.2. The molecule has 7 atom stereocenters. The number of ether oxygens (including phenoxy) is 3. The molecule has 306 valence electrons. The first-order valence-electron chi connectivity index (χ1n) is 19.7. The lowest BCUT2D eigenvalue weighted by Gasteiger charge is -2.34. The predicted octanol–water partition coefficient (Wildman–Crippen LogP) is 4.90. The van der Waals surface area contributed by atoms with Crippen LogP contribution in [0.2, 0.25) is 0 Å². The van der Waals surface area contributed by atoms with Crippen LogP contribution in [0, 0.1) is 23.6 Å². The number of carbonyl (C=O) groups is 4. The maximum Gasteiger partial charge on any atom is 0.408 e. The molecule has 2 aliphatic heterocycles. The van der Waals surface area contributed by atoms with Crippen LogP contribution in [0.15, 0.2) is 36.5 Å². The number of allylic oxidation sites excluding steroid dienone is 1. The lowest BCUT2D eigenvalue weighted by molar-refractivity contribution is -0.142. The molecule has 3 fully saturated rings. The molecule has 2 saturated carbocycles. The summed E-state index contributed by atoms with van der Waals surface area (Å²) in [6.45, 7) is 11.1. The number of nitrogens with one attached hydrogen (secondary N) is 3. The molecule has 0 spiro atoms. The van der Waals surface area contributed by atoms with Crippen LogP contribution in [0.1, 0.15) is 92.9 Å². The highest BCUT2D eigenvalue weighted by molar-refractivity contribution is 7.91. The van der Waals surface area contributed by atoms with Crippen LogP contribution in [-0.4, -0.2) is 89.8 Å². The summed E-state index contributed by atoms with van der Waals surface area (Å²) >= 11 is 0. The van der Waals surface area contributed by atoms with Crippen LogP contribution in [0.5, 0.6) is 11.6 Å². The van der Waals surface area contributed by atoms with Crippen molar-refractivity contribution in [2.45, 2.75) is 127 Å². The molecule has 56 heavy (non-hydrogen) atoms. The summed E-state index contributed by atoms with van der Waals surface area (Å²) in [7, 11) is -3.93. The zero-order chi connectivity index (χ0) is 40.6. The fourth-order valence-electron chi connectivity index (χ4n) is 7.82. The Kier molecular flexibility index (Phi) is 11.9. The van der Waals surface area contributed by atoms with Crippen molar-refractivity contribution in [2.75, 3.05) is 13.2 Å². The van der Waals surface area contributed by atoms with E-state index in [1.165, 1.54) is 17.2 Å². The molecule has 4 aliphatic rings. The summed E-state index contributed by atoms with van der Waals surface area (Å²) in [5, 5.41) is 6.00. The molecule has 1 aromatic heterocycles. The molecule has 14 nitrogen and oxygen atoms in total. The van der Waals surface area contributed by atoms with E-state index in [-0.39, 0.29) is 49.5 Å². The second-order valence-electron chi connectivity index (χ2n) is 16.6. The number of hydrogen-bond donors (Lipinski definition) is 3. The Labute approximate surface area is 327 Å². The normalized spacial score (nSPS) is 29.2. The number of alkyl carbamates (subject to hydrolysis) is 1. The minimum Gasteiger partial charge on any atom is -0.491 e. The molecule has 1 aromatic carbocycles. The number of fused-ring (bicyclic) bond motifs is 3. The molecule has 3 heterocycles. The standard InChI is InChI=1S/C40H54FN5O9S/c1-7-24-17-23(3)11-9-10-12-26-21-40(26,37(49)45-56(51,52)28-13-14-28)44-34(47)31-19-27(22-46(31)36(48)33(24)43-38(50)55-39(4,5)6)54-35-29-20-30(41)32(53-8-2)18-25(29)15-16-42-35/h10,12,15-16,18,20,23-24,26-28,31,33H,7-9,11,13-14,17,19,21-22H2,1-6H3,(H,43,50)(H,44,47)(H,45,49)/b12-10-/t23-,24+,26+,27+,31-,33-,40+/m0/s1. The van der Waals surface area contributed by atoms with E-state index in [1.807, 2.05) is 19.1 Å². The third-order valence-corrected chi connectivity index (χ3v) is 12.8. The van der Waals surface area contributed by atoms with E-state index in [0.717, 1.165) is 6.42 Å². The third kappa shape index (κ3) is 9.21. The van der Waals surface area contributed by atoms with E-state index in [1.54, 1.807) is 39.8 Å². The van der Waals surface area contributed by atoms with Gasteiger partial charge in [0, 0.05) is 23.9 Å². The van der Waals surface area contributed by atoms with Crippen LogP contribution in [-0.2, 0) is 29.1 Å². The van der Waals surface area contributed by atoms with Crippen molar-refractivity contribution >= 4 is 44.6 Å². The van der Waals surface area contributed by atoms with E-state index in [4.69, 9.17) is 14.2 Å². The number of halogens is 1. The monoisotopic (exact) mass is 799 g/mol. The van der Waals surface area contributed by atoms with Gasteiger partial charge in [-0.2, -0.15) is 0 Å². The lowest BCUT2D eigenvalue weighted by atomic mass is 9.85. The van der Waals surface area contributed by atoms with Crippen molar-refractivity contribution in [3.63, 3.8) is 0 Å². The highest BCUT2D eigenvalue weighted by Gasteiger charge is 2.62. The molecular weight excluding hydrogens is 746 g/mol. The second-order valence-corrected chi connectivity index (χ2v) is 18.6. The summed E-state index contributed by atoms with van der Waals surface area (Å²) in [6.07, 6.45) is 7.27. The molecule has 16 heteroatoms. The topological polar surface area (TPSA) is 182 Å². The van der Waals surface area contributed by atoms with Gasteiger partial charge in [-0.05, 0) is 102 Å². The average molecular weight is 800 g/mol. The number of rotatable bonds is 9. The zero-order valence-electron chi connectivity index (χ0n) is 32.9. The van der Waals surface area contributed by atoms with Gasteiger partial charge < -0.3 is 29.7 Å². The summed E-state index contributed by atoms with van der Waals surface area (Å²) in [5.41, 5.74) is -2.40. The minimum absolute atomic E-state index is 0.0416. The number of hydrogen-bond acceptors (Lipinski definition) is 10. The smallest absolute Gasteiger partial charge is 0.408 e. The molecule has 0 unspecified atom stereocenters. The molecular formula is C40H54FN5O9S. The lowest BCUT2D eigenvalue weighted by Crippen LogP contribution is -2.59. The van der Waals surface area contributed by atoms with Crippen molar-refractivity contribution in [1.82, 2.24) is 25.2 Å². The van der Waals surface area contributed by atoms with Gasteiger partial charge in [0.1, 0.15) is 29.3 Å². The van der Waals surface area contributed by atoms with Gasteiger partial charge >= 0.3 is 6.09 Å².